The number of carboxylic acid groups (broad SMARTS) is 1. The smallest absolute Gasteiger partial charge is 0.410 e. The zero-order chi connectivity index (χ0) is 33.9. The maximum absolute atomic E-state index is 13.8. The van der Waals surface area contributed by atoms with Crippen molar-refractivity contribution in [3.05, 3.63) is 63.7 Å². The van der Waals surface area contributed by atoms with Gasteiger partial charge in [-0.1, -0.05) is 12.1 Å². The number of hydrogen-bond acceptors (Lipinski definition) is 9. The molecule has 15 heteroatoms. The number of carbonyl (C=O) groups is 3. The first kappa shape index (κ1) is 34.6. The molecule has 2 aromatic rings. The Morgan fingerprint density at radius 2 is 1.72 bits per heavy atom. The molecule has 1 fully saturated rings. The molecule has 1 saturated heterocycles. The second-order valence-corrected chi connectivity index (χ2v) is 14.6. The predicted octanol–water partition coefficient (Wildman–Crippen LogP) is 4.25. The van der Waals surface area contributed by atoms with Crippen molar-refractivity contribution in [3.8, 4) is 5.75 Å². The standard InChI is InChI=1S/C31H40N4O10S/c1-30(2,3)45-29(39)33-16-13-31(14-17-33)12-7-15-34(46(42,43)26-9-6-5-8-24(26)35(40)41)18-19-44-25-11-10-22(28(37)38)20-23(25)27(36)32(4)21-31/h5-6,8-11,20H,7,12-19,21H2,1-4H3,(H,37,38). The molecule has 0 aromatic heterocycles. The Morgan fingerprint density at radius 1 is 1.04 bits per heavy atom. The summed E-state index contributed by atoms with van der Waals surface area (Å²) in [6, 6.07) is 9.03. The Balaban J connectivity index is 1.70. The van der Waals surface area contributed by atoms with Crippen molar-refractivity contribution in [2.45, 2.75) is 57.0 Å². The van der Waals surface area contributed by atoms with Crippen LogP contribution in [0.3, 0.4) is 0 Å². The van der Waals surface area contributed by atoms with Crippen LogP contribution in [0.5, 0.6) is 5.75 Å². The quantitative estimate of drug-likeness (QED) is 0.368. The monoisotopic (exact) mass is 660 g/mol. The SMILES string of the molecule is CN1CC2(CCCN(S(=O)(=O)c3ccccc3[N+](=O)[O-])CCOc3ccc(C(=O)O)cc3C1=O)CCN(C(=O)OC(C)(C)C)CC2. The Bertz CT molecular complexity index is 1600. The number of fused-ring (bicyclic) bond motifs is 1. The number of ether oxygens (including phenoxy) is 2. The van der Waals surface area contributed by atoms with Gasteiger partial charge >= 0.3 is 12.1 Å². The molecule has 2 aromatic carbocycles. The molecule has 0 saturated carbocycles. The van der Waals surface area contributed by atoms with Crippen LogP contribution in [0.1, 0.15) is 67.2 Å². The minimum absolute atomic E-state index is 0.0103. The third-order valence-electron chi connectivity index (χ3n) is 8.24. The molecule has 14 nitrogen and oxygen atoms in total. The highest BCUT2D eigenvalue weighted by molar-refractivity contribution is 7.89. The van der Waals surface area contributed by atoms with Gasteiger partial charge in [0.15, 0.2) is 4.90 Å². The van der Waals surface area contributed by atoms with Crippen LogP contribution in [0, 0.1) is 15.5 Å². The predicted molar refractivity (Wildman–Crippen MR) is 166 cm³/mol. The number of para-hydroxylation sites is 1. The number of rotatable bonds is 4. The van der Waals surface area contributed by atoms with Crippen molar-refractivity contribution in [2.75, 3.05) is 46.4 Å². The van der Waals surface area contributed by atoms with E-state index >= 15 is 0 Å². The van der Waals surface area contributed by atoms with Gasteiger partial charge in [-0.2, -0.15) is 4.31 Å². The number of sulfonamides is 1. The molecule has 0 aliphatic carbocycles. The normalized spacial score (nSPS) is 18.4. The summed E-state index contributed by atoms with van der Waals surface area (Å²) in [7, 11) is -2.73. The third kappa shape index (κ3) is 7.94. The Kier molecular flexibility index (Phi) is 10.3. The summed E-state index contributed by atoms with van der Waals surface area (Å²) in [5.74, 6) is -1.61. The van der Waals surface area contributed by atoms with E-state index in [2.05, 4.69) is 0 Å². The number of benzene rings is 2. The zero-order valence-corrected chi connectivity index (χ0v) is 27.2. The van der Waals surface area contributed by atoms with Gasteiger partial charge in [-0.15, -0.1) is 0 Å². The molecule has 250 valence electrons. The minimum atomic E-state index is -4.34. The summed E-state index contributed by atoms with van der Waals surface area (Å²) < 4.78 is 40.3. The molecule has 2 amide bonds. The van der Waals surface area contributed by atoms with Crippen LogP contribution in [0.15, 0.2) is 47.4 Å². The largest absolute Gasteiger partial charge is 0.491 e. The average Bonchev–Trinajstić information content (AvgIpc) is 2.99. The van der Waals surface area contributed by atoms with Gasteiger partial charge in [0.25, 0.3) is 11.6 Å². The summed E-state index contributed by atoms with van der Waals surface area (Å²) in [5.41, 5.74) is -1.84. The number of amides is 2. The van der Waals surface area contributed by atoms with Crippen molar-refractivity contribution in [1.82, 2.24) is 14.1 Å². The molecular formula is C31H40N4O10S. The lowest BCUT2D eigenvalue weighted by Crippen LogP contribution is -2.49. The maximum atomic E-state index is 13.8. The van der Waals surface area contributed by atoms with E-state index in [4.69, 9.17) is 9.47 Å². The van der Waals surface area contributed by atoms with E-state index in [9.17, 15) is 38.0 Å². The van der Waals surface area contributed by atoms with Crippen molar-refractivity contribution >= 4 is 33.7 Å². The molecule has 2 aliphatic heterocycles. The average molecular weight is 661 g/mol. The highest BCUT2D eigenvalue weighted by Gasteiger charge is 2.40. The van der Waals surface area contributed by atoms with Crippen LogP contribution in [0.25, 0.3) is 0 Å². The number of likely N-dealkylation sites (tertiary alicyclic amines) is 1. The van der Waals surface area contributed by atoms with Gasteiger partial charge in [0.05, 0.1) is 16.1 Å². The Labute approximate surface area is 268 Å². The lowest BCUT2D eigenvalue weighted by atomic mass is 9.74. The summed E-state index contributed by atoms with van der Waals surface area (Å²) in [6.45, 7) is 5.97. The molecule has 0 radical (unpaired) electrons. The summed E-state index contributed by atoms with van der Waals surface area (Å²) in [4.78, 5) is 52.0. The fourth-order valence-corrected chi connectivity index (χ4v) is 7.54. The molecule has 0 bridgehead atoms. The number of hydrogen-bond donors (Lipinski definition) is 1. The number of carboxylic acids is 1. The first-order valence-corrected chi connectivity index (χ1v) is 16.4. The molecule has 2 heterocycles. The first-order chi connectivity index (χ1) is 21.5. The van der Waals surface area contributed by atoms with E-state index < -0.39 is 54.5 Å². The highest BCUT2D eigenvalue weighted by Crippen LogP contribution is 2.39. The number of nitro benzene ring substituents is 1. The van der Waals surface area contributed by atoms with E-state index in [1.807, 2.05) is 0 Å². The van der Waals surface area contributed by atoms with Gasteiger partial charge in [0.1, 0.15) is 18.0 Å². The molecular weight excluding hydrogens is 620 g/mol. The number of piperidine rings is 1. The molecule has 0 atom stereocenters. The van der Waals surface area contributed by atoms with Gasteiger partial charge in [-0.25, -0.2) is 18.0 Å². The number of aromatic carboxylic acids is 1. The van der Waals surface area contributed by atoms with Crippen LogP contribution in [0.4, 0.5) is 10.5 Å². The Morgan fingerprint density at radius 3 is 2.35 bits per heavy atom. The maximum Gasteiger partial charge on any atom is 0.410 e. The van der Waals surface area contributed by atoms with Crippen molar-refractivity contribution in [3.63, 3.8) is 0 Å². The van der Waals surface area contributed by atoms with E-state index in [1.54, 1.807) is 32.7 Å². The molecule has 4 rings (SSSR count). The van der Waals surface area contributed by atoms with Crippen LogP contribution < -0.4 is 4.74 Å². The van der Waals surface area contributed by atoms with Gasteiger partial charge in [0.2, 0.25) is 10.0 Å². The summed E-state index contributed by atoms with van der Waals surface area (Å²) in [5, 5.41) is 21.3. The minimum Gasteiger partial charge on any atom is -0.491 e. The lowest BCUT2D eigenvalue weighted by Gasteiger charge is -2.44. The van der Waals surface area contributed by atoms with E-state index in [0.717, 1.165) is 10.4 Å². The fourth-order valence-electron chi connectivity index (χ4n) is 5.92. The van der Waals surface area contributed by atoms with Gasteiger partial charge in [0, 0.05) is 45.8 Å². The van der Waals surface area contributed by atoms with Gasteiger partial charge in [-0.3, -0.25) is 14.9 Å². The Hall–Kier alpha value is -4.24. The zero-order valence-electron chi connectivity index (χ0n) is 26.4. The fraction of sp³-hybridized carbons (Fsp3) is 0.516. The molecule has 2 aliphatic rings. The summed E-state index contributed by atoms with van der Waals surface area (Å²) >= 11 is 0. The van der Waals surface area contributed by atoms with Crippen LogP contribution in [-0.2, 0) is 14.8 Å². The third-order valence-corrected chi connectivity index (χ3v) is 10.2. The topological polar surface area (TPSA) is 177 Å². The van der Waals surface area contributed by atoms with Crippen molar-refractivity contribution in [2.24, 2.45) is 5.41 Å². The van der Waals surface area contributed by atoms with Crippen LogP contribution >= 0.6 is 0 Å². The lowest BCUT2D eigenvalue weighted by molar-refractivity contribution is -0.387. The van der Waals surface area contributed by atoms with Gasteiger partial charge < -0.3 is 24.4 Å². The van der Waals surface area contributed by atoms with Crippen molar-refractivity contribution in [1.29, 1.82) is 0 Å². The number of nitro groups is 1. The van der Waals surface area contributed by atoms with E-state index in [-0.39, 0.29) is 43.1 Å². The highest BCUT2D eigenvalue weighted by atomic mass is 32.2. The van der Waals surface area contributed by atoms with Gasteiger partial charge in [-0.05, 0) is 76.1 Å². The van der Waals surface area contributed by atoms with Crippen molar-refractivity contribution < 1.29 is 42.3 Å². The summed E-state index contributed by atoms with van der Waals surface area (Å²) in [6.07, 6.45) is 1.41. The first-order valence-electron chi connectivity index (χ1n) is 15.0. The van der Waals surface area contributed by atoms with Crippen LogP contribution in [-0.4, -0.2) is 103 Å². The second kappa shape index (κ2) is 13.6. The second-order valence-electron chi connectivity index (χ2n) is 12.7. The molecule has 0 unspecified atom stereocenters. The van der Waals surface area contributed by atoms with Crippen LogP contribution in [0.2, 0.25) is 0 Å². The number of carbonyl (C=O) groups excluding carboxylic acids is 2. The van der Waals surface area contributed by atoms with E-state index in [1.165, 1.54) is 41.3 Å². The number of nitrogens with zero attached hydrogens (tertiary/aromatic N) is 4. The van der Waals surface area contributed by atoms with E-state index in [0.29, 0.717) is 38.8 Å². The molecule has 1 N–H and O–H groups in total. The molecule has 1 spiro atoms. The molecule has 46 heavy (non-hydrogen) atoms.